The number of nitrogens with zero attached hydrogens (tertiary/aromatic N) is 3. The highest BCUT2D eigenvalue weighted by Gasteiger charge is 2.26. The number of aromatic nitrogens is 2. The number of nitrogens with one attached hydrogen (secondary N) is 2. The lowest BCUT2D eigenvalue weighted by atomic mass is 10.00. The van der Waals surface area contributed by atoms with Crippen molar-refractivity contribution in [3.05, 3.63) is 138 Å². The Morgan fingerprint density at radius 3 is 2.16 bits per heavy atom. The summed E-state index contributed by atoms with van der Waals surface area (Å²) in [7, 11) is -0.850. The van der Waals surface area contributed by atoms with E-state index in [4.69, 9.17) is 4.74 Å². The first-order valence-electron chi connectivity index (χ1n) is 16.2. The molecule has 266 valence electrons. The van der Waals surface area contributed by atoms with Crippen LogP contribution in [-0.2, 0) is 23.0 Å². The maximum absolute atomic E-state index is 13.9. The van der Waals surface area contributed by atoms with Crippen LogP contribution >= 0.6 is 0 Å². The van der Waals surface area contributed by atoms with Gasteiger partial charge in [-0.1, -0.05) is 54.6 Å². The van der Waals surface area contributed by atoms with Crippen LogP contribution in [0.4, 0.5) is 10.1 Å². The number of hydrogen-bond donors (Lipinski definition) is 3. The van der Waals surface area contributed by atoms with E-state index in [2.05, 4.69) is 15.7 Å². The molecule has 3 N–H and O–H groups in total. The SMILES string of the molecule is COc1ccc(-c2cnn(C[C@H](O)[C@H](Cc3ccccc3)NC(=O)c3cc(C(=O)N[C@H](C)c4ccc(F)cc4)cc(N(C)S(C)(=O)=O)c3)c2)cc1. The average molecular weight is 714 g/mol. The minimum Gasteiger partial charge on any atom is -0.497 e. The van der Waals surface area contributed by atoms with E-state index in [0.29, 0.717) is 5.56 Å². The highest BCUT2D eigenvalue weighted by Crippen LogP contribution is 2.24. The summed E-state index contributed by atoms with van der Waals surface area (Å²) in [6, 6.07) is 25.3. The average Bonchev–Trinajstić information content (AvgIpc) is 3.59. The molecule has 0 aliphatic rings. The zero-order valence-corrected chi connectivity index (χ0v) is 29.5. The lowest BCUT2D eigenvalue weighted by molar-refractivity contribution is 0.0780. The van der Waals surface area contributed by atoms with E-state index in [1.807, 2.05) is 54.6 Å². The number of rotatable bonds is 14. The second-order valence-corrected chi connectivity index (χ2v) is 14.3. The number of aliphatic hydroxyl groups excluding tert-OH is 1. The summed E-state index contributed by atoms with van der Waals surface area (Å²) < 4.78 is 46.3. The van der Waals surface area contributed by atoms with Crippen LogP contribution < -0.4 is 19.7 Å². The minimum atomic E-state index is -3.77. The lowest BCUT2D eigenvalue weighted by Gasteiger charge is -2.25. The number of hydrogen-bond acceptors (Lipinski definition) is 7. The molecular weight excluding hydrogens is 674 g/mol. The van der Waals surface area contributed by atoms with Crippen LogP contribution in [0.2, 0.25) is 0 Å². The van der Waals surface area contributed by atoms with Crippen LogP contribution in [0.5, 0.6) is 5.75 Å². The van der Waals surface area contributed by atoms with Crippen molar-refractivity contribution in [1.82, 2.24) is 20.4 Å². The third-order valence-corrected chi connectivity index (χ3v) is 9.74. The molecule has 1 heterocycles. The largest absolute Gasteiger partial charge is 0.497 e. The molecule has 13 heteroatoms. The molecule has 0 spiro atoms. The molecule has 5 rings (SSSR count). The molecule has 51 heavy (non-hydrogen) atoms. The van der Waals surface area contributed by atoms with Gasteiger partial charge in [-0.3, -0.25) is 18.6 Å². The van der Waals surface area contributed by atoms with Gasteiger partial charge in [0.15, 0.2) is 0 Å². The molecule has 0 aliphatic heterocycles. The molecule has 4 aromatic carbocycles. The van der Waals surface area contributed by atoms with Crippen molar-refractivity contribution in [2.24, 2.45) is 0 Å². The number of methoxy groups -OCH3 is 1. The van der Waals surface area contributed by atoms with Crippen molar-refractivity contribution in [2.45, 2.75) is 38.1 Å². The van der Waals surface area contributed by atoms with Crippen molar-refractivity contribution in [3.63, 3.8) is 0 Å². The van der Waals surface area contributed by atoms with Crippen LogP contribution in [0.3, 0.4) is 0 Å². The smallest absolute Gasteiger partial charge is 0.251 e. The first kappa shape index (κ1) is 36.7. The molecule has 5 aromatic rings. The molecule has 0 saturated heterocycles. The quantitative estimate of drug-likeness (QED) is 0.147. The number of anilines is 1. The van der Waals surface area contributed by atoms with Gasteiger partial charge in [-0.15, -0.1) is 0 Å². The Morgan fingerprint density at radius 2 is 1.55 bits per heavy atom. The Bertz CT molecular complexity index is 2070. The predicted octanol–water partition coefficient (Wildman–Crippen LogP) is 4.99. The molecule has 0 unspecified atom stereocenters. The molecule has 0 radical (unpaired) electrons. The fraction of sp³-hybridized carbons (Fsp3) is 0.237. The number of aliphatic hydroxyl groups is 1. The number of carbonyl (C=O) groups is 2. The third-order valence-electron chi connectivity index (χ3n) is 8.53. The predicted molar refractivity (Wildman–Crippen MR) is 194 cm³/mol. The number of ether oxygens (including phenoxy) is 1. The van der Waals surface area contributed by atoms with Gasteiger partial charge >= 0.3 is 0 Å². The Labute approximate surface area is 296 Å². The van der Waals surface area contributed by atoms with Gasteiger partial charge in [0.25, 0.3) is 11.8 Å². The Hall–Kier alpha value is -5.53. The molecular formula is C38H40FN5O6S. The number of benzene rings is 4. The Balaban J connectivity index is 1.41. The molecule has 2 amide bonds. The standard InChI is InChI=1S/C38H40FN5O6S/c1-25(27-10-14-32(39)15-11-27)41-37(46)29-19-30(21-33(20-29)43(2)51(4,48)49)38(47)42-35(18-26-8-6-5-7-9-26)36(45)24-44-23-31(22-40-44)28-12-16-34(50-3)17-13-28/h5-17,19-23,25,35-36,45H,18,24H2,1-4H3,(H,41,46)(H,42,47)/t25-,35+,36+/m1/s1. The lowest BCUT2D eigenvalue weighted by Crippen LogP contribution is -2.46. The van der Waals surface area contributed by atoms with Gasteiger partial charge in [0.05, 0.1) is 50.0 Å². The van der Waals surface area contributed by atoms with Crippen LogP contribution in [0.15, 0.2) is 109 Å². The molecule has 0 bridgehead atoms. The van der Waals surface area contributed by atoms with Gasteiger partial charge in [-0.25, -0.2) is 12.8 Å². The van der Waals surface area contributed by atoms with E-state index in [-0.39, 0.29) is 29.8 Å². The normalized spacial score (nSPS) is 13.1. The van der Waals surface area contributed by atoms with E-state index in [0.717, 1.165) is 33.0 Å². The summed E-state index contributed by atoms with van der Waals surface area (Å²) in [6.07, 6.45) is 3.67. The van der Waals surface area contributed by atoms with E-state index < -0.39 is 45.8 Å². The molecule has 3 atom stereocenters. The van der Waals surface area contributed by atoms with Crippen LogP contribution in [0.1, 0.15) is 44.8 Å². The molecule has 0 fully saturated rings. The monoisotopic (exact) mass is 713 g/mol. The van der Waals surface area contributed by atoms with Crippen LogP contribution in [-0.4, -0.2) is 67.7 Å². The zero-order chi connectivity index (χ0) is 36.7. The number of carbonyl (C=O) groups excluding carboxylic acids is 2. The third kappa shape index (κ3) is 9.59. The summed E-state index contributed by atoms with van der Waals surface area (Å²) in [5, 5.41) is 21.7. The van der Waals surface area contributed by atoms with E-state index in [1.165, 1.54) is 37.4 Å². The molecule has 11 nitrogen and oxygen atoms in total. The van der Waals surface area contributed by atoms with Crippen molar-refractivity contribution < 1.29 is 32.2 Å². The molecule has 0 aliphatic carbocycles. The fourth-order valence-electron chi connectivity index (χ4n) is 5.48. The topological polar surface area (TPSA) is 143 Å². The van der Waals surface area contributed by atoms with Gasteiger partial charge < -0.3 is 20.5 Å². The van der Waals surface area contributed by atoms with Gasteiger partial charge in [0, 0.05) is 29.9 Å². The first-order chi connectivity index (χ1) is 24.3. The van der Waals surface area contributed by atoms with Crippen LogP contribution in [0.25, 0.3) is 11.1 Å². The summed E-state index contributed by atoms with van der Waals surface area (Å²) in [5.41, 5.74) is 3.39. The zero-order valence-electron chi connectivity index (χ0n) is 28.7. The second-order valence-electron chi connectivity index (χ2n) is 12.3. The molecule has 1 aromatic heterocycles. The summed E-state index contributed by atoms with van der Waals surface area (Å²) >= 11 is 0. The van der Waals surface area contributed by atoms with Gasteiger partial charge in [-0.2, -0.15) is 5.10 Å². The van der Waals surface area contributed by atoms with Crippen LogP contribution in [0, 0.1) is 5.82 Å². The van der Waals surface area contributed by atoms with Crippen molar-refractivity contribution >= 4 is 27.5 Å². The number of amides is 2. The first-order valence-corrected chi connectivity index (χ1v) is 18.0. The minimum absolute atomic E-state index is 0.00808. The van der Waals surface area contributed by atoms with Gasteiger partial charge in [0.2, 0.25) is 10.0 Å². The highest BCUT2D eigenvalue weighted by atomic mass is 32.2. The number of sulfonamides is 1. The van der Waals surface area contributed by atoms with E-state index in [1.54, 1.807) is 43.2 Å². The van der Waals surface area contributed by atoms with Gasteiger partial charge in [-0.05, 0) is 72.5 Å². The second kappa shape index (κ2) is 16.0. The van der Waals surface area contributed by atoms with E-state index in [9.17, 15) is 27.5 Å². The summed E-state index contributed by atoms with van der Waals surface area (Å²) in [4.78, 5) is 27.4. The summed E-state index contributed by atoms with van der Waals surface area (Å²) in [6.45, 7) is 1.78. The van der Waals surface area contributed by atoms with E-state index >= 15 is 0 Å². The Morgan fingerprint density at radius 1 is 0.922 bits per heavy atom. The fourth-order valence-corrected chi connectivity index (χ4v) is 5.97. The Kier molecular flexibility index (Phi) is 11.5. The van der Waals surface area contributed by atoms with Crippen molar-refractivity contribution in [3.8, 4) is 16.9 Å². The van der Waals surface area contributed by atoms with Crippen molar-refractivity contribution in [2.75, 3.05) is 24.7 Å². The molecule has 0 saturated carbocycles. The number of halogens is 1. The maximum Gasteiger partial charge on any atom is 0.251 e. The van der Waals surface area contributed by atoms with Crippen molar-refractivity contribution in [1.29, 1.82) is 0 Å². The highest BCUT2D eigenvalue weighted by molar-refractivity contribution is 7.92. The van der Waals surface area contributed by atoms with Gasteiger partial charge in [0.1, 0.15) is 11.6 Å². The maximum atomic E-state index is 13.9. The summed E-state index contributed by atoms with van der Waals surface area (Å²) in [5.74, 6) is -0.888.